The van der Waals surface area contributed by atoms with Crippen LogP contribution in [0.25, 0.3) is 0 Å². The van der Waals surface area contributed by atoms with Crippen LogP contribution in [0.1, 0.15) is 20.3 Å². The number of alkyl halides is 1. The third kappa shape index (κ3) is 3.32. The Morgan fingerprint density at radius 2 is 2.20 bits per heavy atom. The van der Waals surface area contributed by atoms with E-state index in [9.17, 15) is 9.90 Å². The van der Waals surface area contributed by atoms with Gasteiger partial charge in [-0.2, -0.15) is 0 Å². The molecule has 0 spiro atoms. The first kappa shape index (κ1) is 10.1. The van der Waals surface area contributed by atoms with Crippen molar-refractivity contribution < 1.29 is 9.90 Å². The van der Waals surface area contributed by atoms with E-state index in [1.165, 1.54) is 6.92 Å². The highest BCUT2D eigenvalue weighted by molar-refractivity contribution is 9.09. The van der Waals surface area contributed by atoms with Gasteiger partial charge in [0.1, 0.15) is 5.78 Å². The SMILES string of the molecule is CC(=O)C(C)C(O)CCBr. The molecule has 0 fully saturated rings. The molecular weight excluding hydrogens is 196 g/mol. The zero-order valence-electron chi connectivity index (χ0n) is 6.30. The largest absolute Gasteiger partial charge is 0.392 e. The van der Waals surface area contributed by atoms with Crippen LogP contribution in [-0.2, 0) is 4.79 Å². The number of rotatable bonds is 4. The molecule has 0 aliphatic heterocycles. The van der Waals surface area contributed by atoms with Crippen molar-refractivity contribution in [3.8, 4) is 0 Å². The zero-order chi connectivity index (χ0) is 8.15. The van der Waals surface area contributed by atoms with Crippen molar-refractivity contribution in [1.29, 1.82) is 0 Å². The molecule has 0 saturated heterocycles. The fraction of sp³-hybridized carbons (Fsp3) is 0.857. The van der Waals surface area contributed by atoms with Crippen LogP contribution in [0.2, 0.25) is 0 Å². The summed E-state index contributed by atoms with van der Waals surface area (Å²) < 4.78 is 0. The number of Topliss-reactive ketones (excluding diaryl/α,β-unsaturated/α-hetero) is 1. The van der Waals surface area contributed by atoms with Gasteiger partial charge in [0.15, 0.2) is 0 Å². The van der Waals surface area contributed by atoms with E-state index in [1.54, 1.807) is 6.92 Å². The first-order chi connectivity index (χ1) is 4.59. The highest BCUT2D eigenvalue weighted by atomic mass is 79.9. The maximum atomic E-state index is 10.7. The lowest BCUT2D eigenvalue weighted by Crippen LogP contribution is -2.23. The molecule has 0 rings (SSSR count). The summed E-state index contributed by atoms with van der Waals surface area (Å²) in [4.78, 5) is 10.7. The van der Waals surface area contributed by atoms with Gasteiger partial charge in [0.2, 0.25) is 0 Å². The van der Waals surface area contributed by atoms with E-state index in [0.717, 1.165) is 5.33 Å². The Morgan fingerprint density at radius 1 is 1.70 bits per heavy atom. The van der Waals surface area contributed by atoms with Gasteiger partial charge >= 0.3 is 0 Å². The lowest BCUT2D eigenvalue weighted by atomic mass is 9.99. The summed E-state index contributed by atoms with van der Waals surface area (Å²) in [7, 11) is 0. The van der Waals surface area contributed by atoms with Crippen molar-refractivity contribution in [2.24, 2.45) is 5.92 Å². The highest BCUT2D eigenvalue weighted by Crippen LogP contribution is 2.08. The molecule has 0 bridgehead atoms. The van der Waals surface area contributed by atoms with E-state index >= 15 is 0 Å². The zero-order valence-corrected chi connectivity index (χ0v) is 7.89. The van der Waals surface area contributed by atoms with Crippen molar-refractivity contribution in [2.75, 3.05) is 5.33 Å². The third-order valence-electron chi connectivity index (χ3n) is 1.62. The van der Waals surface area contributed by atoms with Crippen LogP contribution in [0, 0.1) is 5.92 Å². The van der Waals surface area contributed by atoms with Gasteiger partial charge in [-0.15, -0.1) is 0 Å². The van der Waals surface area contributed by atoms with Crippen LogP contribution in [0.5, 0.6) is 0 Å². The molecule has 0 aliphatic rings. The second kappa shape index (κ2) is 4.85. The maximum absolute atomic E-state index is 10.7. The monoisotopic (exact) mass is 208 g/mol. The molecule has 10 heavy (non-hydrogen) atoms. The summed E-state index contributed by atoms with van der Waals surface area (Å²) in [6, 6.07) is 0. The van der Waals surface area contributed by atoms with E-state index in [2.05, 4.69) is 15.9 Å². The number of hydrogen-bond acceptors (Lipinski definition) is 2. The fourth-order valence-corrected chi connectivity index (χ4v) is 1.10. The van der Waals surface area contributed by atoms with Gasteiger partial charge in [-0.1, -0.05) is 22.9 Å². The summed E-state index contributed by atoms with van der Waals surface area (Å²) in [5, 5.41) is 9.98. The lowest BCUT2D eigenvalue weighted by molar-refractivity contribution is -0.123. The molecule has 0 aliphatic carbocycles. The molecule has 2 atom stereocenters. The third-order valence-corrected chi connectivity index (χ3v) is 2.08. The fourth-order valence-electron chi connectivity index (χ4n) is 0.633. The van der Waals surface area contributed by atoms with Crippen LogP contribution < -0.4 is 0 Å². The second-order valence-corrected chi connectivity index (χ2v) is 3.24. The minimum Gasteiger partial charge on any atom is -0.392 e. The molecule has 0 heterocycles. The number of aliphatic hydroxyl groups is 1. The van der Waals surface area contributed by atoms with Crippen molar-refractivity contribution >= 4 is 21.7 Å². The molecule has 0 amide bonds. The second-order valence-electron chi connectivity index (χ2n) is 2.44. The summed E-state index contributed by atoms with van der Waals surface area (Å²) in [5.41, 5.74) is 0. The first-order valence-electron chi connectivity index (χ1n) is 3.34. The maximum Gasteiger partial charge on any atom is 0.135 e. The Bertz CT molecular complexity index is 114. The number of ketones is 1. The van der Waals surface area contributed by atoms with Crippen LogP contribution in [0.15, 0.2) is 0 Å². The Hall–Kier alpha value is 0.110. The van der Waals surface area contributed by atoms with Crippen LogP contribution in [0.4, 0.5) is 0 Å². The molecule has 0 saturated carbocycles. The van der Waals surface area contributed by atoms with Crippen LogP contribution in [0.3, 0.4) is 0 Å². The van der Waals surface area contributed by atoms with Gasteiger partial charge in [-0.3, -0.25) is 4.79 Å². The minimum atomic E-state index is -0.489. The lowest BCUT2D eigenvalue weighted by Gasteiger charge is -2.13. The Morgan fingerprint density at radius 3 is 2.50 bits per heavy atom. The van der Waals surface area contributed by atoms with Gasteiger partial charge in [0.25, 0.3) is 0 Å². The molecular formula is C7H13BrO2. The number of carbonyl (C=O) groups is 1. The van der Waals surface area contributed by atoms with Crippen LogP contribution >= 0.6 is 15.9 Å². The molecule has 3 heteroatoms. The number of halogens is 1. The predicted molar refractivity (Wildman–Crippen MR) is 44.3 cm³/mol. The van der Waals surface area contributed by atoms with E-state index in [-0.39, 0.29) is 11.7 Å². The molecule has 0 aromatic carbocycles. The molecule has 2 nitrogen and oxygen atoms in total. The molecule has 0 aromatic rings. The van der Waals surface area contributed by atoms with Gasteiger partial charge in [-0.05, 0) is 13.3 Å². The summed E-state index contributed by atoms with van der Waals surface area (Å²) in [5.74, 6) is -0.175. The van der Waals surface area contributed by atoms with Crippen molar-refractivity contribution in [2.45, 2.75) is 26.4 Å². The van der Waals surface area contributed by atoms with Gasteiger partial charge in [0.05, 0.1) is 6.10 Å². The average molecular weight is 209 g/mol. The Labute approximate surface area is 69.8 Å². The van der Waals surface area contributed by atoms with Crippen molar-refractivity contribution in [1.82, 2.24) is 0 Å². The van der Waals surface area contributed by atoms with E-state index in [0.29, 0.717) is 6.42 Å². The summed E-state index contributed by atoms with van der Waals surface area (Å²) in [6.07, 6.45) is 0.151. The van der Waals surface area contributed by atoms with E-state index in [4.69, 9.17) is 0 Å². The van der Waals surface area contributed by atoms with Gasteiger partial charge in [-0.25, -0.2) is 0 Å². The van der Waals surface area contributed by atoms with Crippen LogP contribution in [-0.4, -0.2) is 22.3 Å². The Balaban J connectivity index is 3.69. The number of aliphatic hydroxyl groups excluding tert-OH is 1. The summed E-state index contributed by atoms with van der Waals surface area (Å²) in [6.45, 7) is 3.25. The minimum absolute atomic E-state index is 0.0495. The first-order valence-corrected chi connectivity index (χ1v) is 4.46. The standard InChI is InChI=1S/C7H13BrO2/c1-5(6(2)9)7(10)3-4-8/h5,7,10H,3-4H2,1-2H3. The highest BCUT2D eigenvalue weighted by Gasteiger charge is 2.16. The smallest absolute Gasteiger partial charge is 0.135 e. The molecule has 0 aromatic heterocycles. The quantitative estimate of drug-likeness (QED) is 0.709. The summed E-state index contributed by atoms with van der Waals surface area (Å²) >= 11 is 3.20. The normalized spacial score (nSPS) is 16.4. The molecule has 1 N–H and O–H groups in total. The van der Waals surface area contributed by atoms with Gasteiger partial charge in [0, 0.05) is 11.2 Å². The van der Waals surface area contributed by atoms with E-state index < -0.39 is 6.10 Å². The Kier molecular flexibility index (Phi) is 4.91. The van der Waals surface area contributed by atoms with Crippen molar-refractivity contribution in [3.63, 3.8) is 0 Å². The molecule has 0 radical (unpaired) electrons. The topological polar surface area (TPSA) is 37.3 Å². The molecule has 60 valence electrons. The number of hydrogen-bond donors (Lipinski definition) is 1. The van der Waals surface area contributed by atoms with Crippen molar-refractivity contribution in [3.05, 3.63) is 0 Å². The number of carbonyl (C=O) groups excluding carboxylic acids is 1. The van der Waals surface area contributed by atoms with Gasteiger partial charge < -0.3 is 5.11 Å². The average Bonchev–Trinajstić information content (AvgIpc) is 1.87. The molecule has 2 unspecified atom stereocenters. The predicted octanol–water partition coefficient (Wildman–Crippen LogP) is 1.36. The van der Waals surface area contributed by atoms with E-state index in [1.807, 2.05) is 0 Å².